The third-order valence-corrected chi connectivity index (χ3v) is 3.35. The van der Waals surface area contributed by atoms with Crippen molar-refractivity contribution in [2.24, 2.45) is 10.8 Å². The summed E-state index contributed by atoms with van der Waals surface area (Å²) in [6.07, 6.45) is 8.34. The summed E-state index contributed by atoms with van der Waals surface area (Å²) < 4.78 is 0.0659. The molecule has 0 saturated carbocycles. The van der Waals surface area contributed by atoms with Gasteiger partial charge in [0.2, 0.25) is 0 Å². The fourth-order valence-corrected chi connectivity index (χ4v) is 2.44. The maximum atomic E-state index is 5.30. The van der Waals surface area contributed by atoms with Crippen LogP contribution in [0.1, 0.15) is 6.92 Å². The highest BCUT2D eigenvalue weighted by Gasteiger charge is 2.38. The largest absolute Gasteiger partial charge is 0.303 e. The van der Waals surface area contributed by atoms with E-state index in [0.29, 0.717) is 0 Å². The lowest BCUT2D eigenvalue weighted by Crippen LogP contribution is -2.30. The van der Waals surface area contributed by atoms with Crippen LogP contribution in [0.25, 0.3) is 0 Å². The van der Waals surface area contributed by atoms with Crippen LogP contribution in [0.15, 0.2) is 29.3 Å². The maximum absolute atomic E-state index is 5.30. The summed E-state index contributed by atoms with van der Waals surface area (Å²) in [5.74, 6) is 5.30. The Kier molecular flexibility index (Phi) is 1.73. The molecule has 2 atom stereocenters. The number of allylic oxidation sites excluding steroid dienone is 2. The number of nitrogens with one attached hydrogen (secondary N) is 1. The van der Waals surface area contributed by atoms with Crippen LogP contribution in [0, 0.1) is 0 Å². The predicted molar refractivity (Wildman–Crippen MR) is 52.8 cm³/mol. The van der Waals surface area contributed by atoms with Gasteiger partial charge in [-0.1, -0.05) is 36.1 Å². The first kappa shape index (κ1) is 7.89. The number of fused-ring (bicyclic) bond motifs is 1. The average Bonchev–Trinajstić information content (AvgIpc) is 2.41. The van der Waals surface area contributed by atoms with Crippen molar-refractivity contribution in [1.82, 2.24) is 5.43 Å². The Morgan fingerprint density at radius 1 is 1.67 bits per heavy atom. The third kappa shape index (κ3) is 1.07. The first-order valence-corrected chi connectivity index (χ1v) is 4.66. The van der Waals surface area contributed by atoms with Gasteiger partial charge in [-0.2, -0.15) is 0 Å². The van der Waals surface area contributed by atoms with Gasteiger partial charge in [0.05, 0.1) is 10.8 Å². The molecule has 0 aromatic heterocycles. The Bertz CT molecular complexity index is 282. The van der Waals surface area contributed by atoms with E-state index < -0.39 is 0 Å². The molecule has 2 aliphatic rings. The van der Waals surface area contributed by atoms with Crippen LogP contribution in [0.5, 0.6) is 0 Å². The Morgan fingerprint density at radius 2 is 2.50 bits per heavy atom. The highest BCUT2D eigenvalue weighted by Crippen LogP contribution is 2.40. The highest BCUT2D eigenvalue weighted by molar-refractivity contribution is 8.15. The first-order valence-electron chi connectivity index (χ1n) is 3.84. The molecule has 0 saturated heterocycles. The molecule has 0 spiro atoms. The second kappa shape index (κ2) is 2.64. The Morgan fingerprint density at radius 3 is 3.17 bits per heavy atom. The van der Waals surface area contributed by atoms with E-state index in [-0.39, 0.29) is 10.8 Å². The summed E-state index contributed by atoms with van der Waals surface area (Å²) in [6.45, 7) is 2.16. The minimum atomic E-state index is 0.0659. The van der Waals surface area contributed by atoms with Crippen LogP contribution in [0.4, 0.5) is 0 Å². The first-order chi connectivity index (χ1) is 5.74. The summed E-state index contributed by atoms with van der Waals surface area (Å²) in [7, 11) is 0. The SMILES string of the molecule is CC12C=CC=CC1N=C(NN)S2. The van der Waals surface area contributed by atoms with Crippen molar-refractivity contribution in [3.63, 3.8) is 0 Å². The van der Waals surface area contributed by atoms with E-state index in [1.54, 1.807) is 11.8 Å². The molecule has 3 N–H and O–H groups in total. The Hall–Kier alpha value is -0.740. The molecule has 2 rings (SSSR count). The number of hydrazine groups is 1. The van der Waals surface area contributed by atoms with Crippen molar-refractivity contribution in [2.45, 2.75) is 17.7 Å². The number of nitrogens with two attached hydrogens (primary N) is 1. The van der Waals surface area contributed by atoms with E-state index in [1.807, 2.05) is 6.08 Å². The molecule has 0 radical (unpaired) electrons. The molecule has 0 aromatic carbocycles. The molecule has 1 aliphatic heterocycles. The van der Waals surface area contributed by atoms with Crippen LogP contribution in [0.2, 0.25) is 0 Å². The molecule has 12 heavy (non-hydrogen) atoms. The molecular formula is C8H11N3S. The number of nitrogens with zero attached hydrogens (tertiary/aromatic N) is 1. The van der Waals surface area contributed by atoms with Crippen molar-refractivity contribution < 1.29 is 0 Å². The maximum Gasteiger partial charge on any atom is 0.172 e. The van der Waals surface area contributed by atoms with Gasteiger partial charge in [0.15, 0.2) is 5.17 Å². The van der Waals surface area contributed by atoms with Gasteiger partial charge < -0.3 is 5.43 Å². The minimum absolute atomic E-state index is 0.0659. The van der Waals surface area contributed by atoms with E-state index in [1.165, 1.54) is 0 Å². The van der Waals surface area contributed by atoms with E-state index in [2.05, 4.69) is 35.6 Å². The van der Waals surface area contributed by atoms with Crippen LogP contribution < -0.4 is 11.3 Å². The van der Waals surface area contributed by atoms with Crippen molar-refractivity contribution in [2.75, 3.05) is 0 Å². The van der Waals surface area contributed by atoms with Gasteiger partial charge in [0.1, 0.15) is 0 Å². The fourth-order valence-electron chi connectivity index (χ4n) is 1.40. The smallest absolute Gasteiger partial charge is 0.172 e. The average molecular weight is 181 g/mol. The summed E-state index contributed by atoms with van der Waals surface area (Å²) >= 11 is 1.67. The van der Waals surface area contributed by atoms with Crippen LogP contribution in [0.3, 0.4) is 0 Å². The van der Waals surface area contributed by atoms with Gasteiger partial charge in [-0.3, -0.25) is 4.99 Å². The van der Waals surface area contributed by atoms with Crippen molar-refractivity contribution in [3.05, 3.63) is 24.3 Å². The number of hydrogen-bond acceptors (Lipinski definition) is 4. The Labute approximate surface area is 75.8 Å². The molecule has 3 nitrogen and oxygen atoms in total. The van der Waals surface area contributed by atoms with Crippen molar-refractivity contribution in [1.29, 1.82) is 0 Å². The number of hydrogen-bond donors (Lipinski definition) is 2. The Balaban J connectivity index is 2.28. The van der Waals surface area contributed by atoms with Gasteiger partial charge in [-0.15, -0.1) is 0 Å². The summed E-state index contributed by atoms with van der Waals surface area (Å²) in [5, 5.41) is 0.818. The van der Waals surface area contributed by atoms with Crippen molar-refractivity contribution >= 4 is 16.9 Å². The molecule has 1 aliphatic carbocycles. The van der Waals surface area contributed by atoms with Crippen LogP contribution in [-0.4, -0.2) is 16.0 Å². The van der Waals surface area contributed by atoms with Crippen LogP contribution in [-0.2, 0) is 0 Å². The van der Waals surface area contributed by atoms with Crippen LogP contribution >= 0.6 is 11.8 Å². The molecule has 0 bridgehead atoms. The molecule has 4 heteroatoms. The number of amidine groups is 1. The number of rotatable bonds is 0. The minimum Gasteiger partial charge on any atom is -0.303 e. The molecule has 2 unspecified atom stereocenters. The normalized spacial score (nSPS) is 37.8. The van der Waals surface area contributed by atoms with Gasteiger partial charge in [-0.05, 0) is 6.92 Å². The monoisotopic (exact) mass is 181 g/mol. The molecule has 1 heterocycles. The summed E-state index contributed by atoms with van der Waals surface area (Å²) in [4.78, 5) is 4.41. The summed E-state index contributed by atoms with van der Waals surface area (Å²) in [5.41, 5.74) is 2.59. The lowest BCUT2D eigenvalue weighted by Gasteiger charge is -2.24. The standard InChI is InChI=1S/C8H11N3S/c1-8-5-3-2-4-6(8)10-7(11-9)12-8/h2-6H,9H2,1H3,(H,10,11). The van der Waals surface area contributed by atoms with Gasteiger partial charge in [-0.25, -0.2) is 5.84 Å². The highest BCUT2D eigenvalue weighted by atomic mass is 32.2. The third-order valence-electron chi connectivity index (χ3n) is 2.12. The lowest BCUT2D eigenvalue weighted by atomic mass is 9.97. The molecule has 0 amide bonds. The molecule has 64 valence electrons. The number of thioether (sulfide) groups is 1. The zero-order valence-corrected chi connectivity index (χ0v) is 7.64. The lowest BCUT2D eigenvalue weighted by molar-refractivity contribution is 0.691. The van der Waals surface area contributed by atoms with E-state index in [4.69, 9.17) is 5.84 Å². The zero-order valence-electron chi connectivity index (χ0n) is 6.82. The zero-order chi connectivity index (χ0) is 8.60. The fraction of sp³-hybridized carbons (Fsp3) is 0.375. The predicted octanol–water partition coefficient (Wildman–Crippen LogP) is 0.806. The second-order valence-corrected chi connectivity index (χ2v) is 4.52. The number of aliphatic imine (C=N–C) groups is 1. The van der Waals surface area contributed by atoms with E-state index in [9.17, 15) is 0 Å². The van der Waals surface area contributed by atoms with Gasteiger partial charge in [0, 0.05) is 0 Å². The van der Waals surface area contributed by atoms with Gasteiger partial charge in [0.25, 0.3) is 0 Å². The van der Waals surface area contributed by atoms with E-state index >= 15 is 0 Å². The van der Waals surface area contributed by atoms with Gasteiger partial charge >= 0.3 is 0 Å². The second-order valence-electron chi connectivity index (χ2n) is 3.05. The van der Waals surface area contributed by atoms with Crippen molar-refractivity contribution in [3.8, 4) is 0 Å². The quantitative estimate of drug-likeness (QED) is 0.429. The van der Waals surface area contributed by atoms with E-state index in [0.717, 1.165) is 5.17 Å². The summed E-state index contributed by atoms with van der Waals surface area (Å²) in [6, 6.07) is 0.235. The molecule has 0 aromatic rings. The molecular weight excluding hydrogens is 170 g/mol. The molecule has 0 fully saturated rings. The topological polar surface area (TPSA) is 50.4 Å².